The van der Waals surface area contributed by atoms with Crippen LogP contribution in [0.1, 0.15) is 28.4 Å². The first-order valence-corrected chi connectivity index (χ1v) is 5.94. The number of nitrogens with zero attached hydrogens (tertiary/aromatic N) is 2. The third kappa shape index (κ3) is 2.97. The molecule has 0 aliphatic rings. The zero-order valence-electron chi connectivity index (χ0n) is 10.6. The second-order valence-corrected chi connectivity index (χ2v) is 4.14. The molecule has 0 spiro atoms. The van der Waals surface area contributed by atoms with Gasteiger partial charge in [-0.15, -0.1) is 0 Å². The van der Waals surface area contributed by atoms with Crippen LogP contribution >= 0.6 is 0 Å². The molecule has 94 valence electrons. The number of aryl methyl sites for hydroxylation is 1. The number of rotatable bonds is 4. The lowest BCUT2D eigenvalue weighted by atomic mass is 10.1. The van der Waals surface area contributed by atoms with Gasteiger partial charge in [0.1, 0.15) is 0 Å². The van der Waals surface area contributed by atoms with Crippen molar-refractivity contribution in [2.45, 2.75) is 20.4 Å². The van der Waals surface area contributed by atoms with Crippen LogP contribution in [0.25, 0.3) is 0 Å². The van der Waals surface area contributed by atoms with E-state index in [1.807, 2.05) is 12.1 Å². The Bertz CT molecular complexity index is 546. The number of carbonyl (C=O) groups is 1. The highest BCUT2D eigenvalue weighted by Crippen LogP contribution is 2.07. The molecule has 18 heavy (non-hydrogen) atoms. The first-order valence-electron chi connectivity index (χ1n) is 5.94. The molecule has 0 aliphatic carbocycles. The molecule has 2 aromatic rings. The molecule has 0 unspecified atom stereocenters. The lowest BCUT2D eigenvalue weighted by Crippen LogP contribution is -2.04. The van der Waals surface area contributed by atoms with Crippen LogP contribution in [-0.4, -0.2) is 22.4 Å². The normalized spacial score (nSPS) is 10.3. The van der Waals surface area contributed by atoms with Crippen molar-refractivity contribution < 1.29 is 9.53 Å². The van der Waals surface area contributed by atoms with Gasteiger partial charge in [-0.25, -0.2) is 4.79 Å². The Balaban J connectivity index is 2.09. The van der Waals surface area contributed by atoms with Crippen LogP contribution in [0.3, 0.4) is 0 Å². The van der Waals surface area contributed by atoms with Gasteiger partial charge in [0.05, 0.1) is 24.9 Å². The van der Waals surface area contributed by atoms with Gasteiger partial charge in [-0.2, -0.15) is 5.10 Å². The van der Waals surface area contributed by atoms with Crippen molar-refractivity contribution in [3.63, 3.8) is 0 Å². The molecule has 0 atom stereocenters. The maximum atomic E-state index is 11.5. The van der Waals surface area contributed by atoms with Crippen LogP contribution in [0, 0.1) is 6.92 Å². The van der Waals surface area contributed by atoms with Gasteiger partial charge < -0.3 is 4.74 Å². The molecule has 0 N–H and O–H groups in total. The molecule has 0 radical (unpaired) electrons. The summed E-state index contributed by atoms with van der Waals surface area (Å²) in [5, 5.41) is 4.16. The molecule has 1 aromatic heterocycles. The highest BCUT2D eigenvalue weighted by atomic mass is 16.5. The molecule has 2 rings (SSSR count). The fraction of sp³-hybridized carbons (Fsp3) is 0.286. The Morgan fingerprint density at radius 1 is 1.44 bits per heavy atom. The van der Waals surface area contributed by atoms with Gasteiger partial charge in [-0.3, -0.25) is 4.68 Å². The molecule has 0 saturated carbocycles. The molecule has 4 heteroatoms. The van der Waals surface area contributed by atoms with E-state index in [0.717, 1.165) is 5.56 Å². The van der Waals surface area contributed by atoms with E-state index >= 15 is 0 Å². The van der Waals surface area contributed by atoms with Crippen molar-refractivity contribution in [2.24, 2.45) is 0 Å². The Hall–Kier alpha value is -2.10. The van der Waals surface area contributed by atoms with Gasteiger partial charge >= 0.3 is 5.97 Å². The van der Waals surface area contributed by atoms with Crippen molar-refractivity contribution in [1.82, 2.24) is 9.78 Å². The summed E-state index contributed by atoms with van der Waals surface area (Å²) >= 11 is 0. The van der Waals surface area contributed by atoms with E-state index in [1.54, 1.807) is 17.8 Å². The van der Waals surface area contributed by atoms with Gasteiger partial charge in [-0.05, 0) is 19.4 Å². The van der Waals surface area contributed by atoms with E-state index in [4.69, 9.17) is 4.74 Å². The molecule has 4 nitrogen and oxygen atoms in total. The van der Waals surface area contributed by atoms with Gasteiger partial charge in [0, 0.05) is 6.20 Å². The fourth-order valence-corrected chi connectivity index (χ4v) is 1.77. The maximum absolute atomic E-state index is 11.5. The standard InChI is InChI=1S/C14H16N2O2/c1-3-18-14(17)13-8-15-16(10-13)9-12-6-4-5-11(2)7-12/h4-8,10H,3,9H2,1-2H3. The average Bonchev–Trinajstić information content (AvgIpc) is 2.78. The summed E-state index contributed by atoms with van der Waals surface area (Å²) in [6, 6.07) is 8.21. The van der Waals surface area contributed by atoms with Crippen molar-refractivity contribution in [3.05, 3.63) is 53.3 Å². The van der Waals surface area contributed by atoms with E-state index in [-0.39, 0.29) is 5.97 Å². The molecular weight excluding hydrogens is 228 g/mol. The predicted molar refractivity (Wildman–Crippen MR) is 68.5 cm³/mol. The zero-order chi connectivity index (χ0) is 13.0. The second-order valence-electron chi connectivity index (χ2n) is 4.14. The number of esters is 1. The monoisotopic (exact) mass is 244 g/mol. The third-order valence-electron chi connectivity index (χ3n) is 2.57. The van der Waals surface area contributed by atoms with Crippen molar-refractivity contribution in [1.29, 1.82) is 0 Å². The highest BCUT2D eigenvalue weighted by Gasteiger charge is 2.09. The molecule has 1 aromatic carbocycles. The summed E-state index contributed by atoms with van der Waals surface area (Å²) in [4.78, 5) is 11.5. The lowest BCUT2D eigenvalue weighted by Gasteiger charge is -2.02. The van der Waals surface area contributed by atoms with Gasteiger partial charge in [-0.1, -0.05) is 29.8 Å². The molecule has 0 amide bonds. The number of hydrogen-bond donors (Lipinski definition) is 0. The molecule has 0 fully saturated rings. The minimum absolute atomic E-state index is 0.326. The highest BCUT2D eigenvalue weighted by molar-refractivity contribution is 5.88. The summed E-state index contributed by atoms with van der Waals surface area (Å²) in [6.45, 7) is 4.87. The topological polar surface area (TPSA) is 44.1 Å². The summed E-state index contributed by atoms with van der Waals surface area (Å²) in [5.41, 5.74) is 2.86. The van der Waals surface area contributed by atoms with E-state index in [1.165, 1.54) is 11.8 Å². The van der Waals surface area contributed by atoms with Gasteiger partial charge in [0.15, 0.2) is 0 Å². The third-order valence-corrected chi connectivity index (χ3v) is 2.57. The second kappa shape index (κ2) is 5.49. The van der Waals surface area contributed by atoms with E-state index in [0.29, 0.717) is 18.7 Å². The van der Waals surface area contributed by atoms with E-state index in [9.17, 15) is 4.79 Å². The van der Waals surface area contributed by atoms with Crippen molar-refractivity contribution in [3.8, 4) is 0 Å². The zero-order valence-corrected chi connectivity index (χ0v) is 10.6. The van der Waals surface area contributed by atoms with Crippen molar-refractivity contribution in [2.75, 3.05) is 6.61 Å². The summed E-state index contributed by atoms with van der Waals surface area (Å²) in [7, 11) is 0. The number of carbonyl (C=O) groups excluding carboxylic acids is 1. The summed E-state index contributed by atoms with van der Waals surface area (Å²) < 4.78 is 6.66. The fourth-order valence-electron chi connectivity index (χ4n) is 1.77. The van der Waals surface area contributed by atoms with Crippen LogP contribution in [-0.2, 0) is 11.3 Å². The molecule has 0 bridgehead atoms. The van der Waals surface area contributed by atoms with Crippen LogP contribution in [0.4, 0.5) is 0 Å². The molecule has 1 heterocycles. The SMILES string of the molecule is CCOC(=O)c1cnn(Cc2cccc(C)c2)c1. The lowest BCUT2D eigenvalue weighted by molar-refractivity contribution is 0.0526. The minimum atomic E-state index is -0.326. The van der Waals surface area contributed by atoms with Gasteiger partial charge in [0.2, 0.25) is 0 Å². The first-order chi connectivity index (χ1) is 8.69. The molecule has 0 saturated heterocycles. The Morgan fingerprint density at radius 2 is 2.28 bits per heavy atom. The van der Waals surface area contributed by atoms with E-state index in [2.05, 4.69) is 24.2 Å². The van der Waals surface area contributed by atoms with Crippen LogP contribution in [0.5, 0.6) is 0 Å². The van der Waals surface area contributed by atoms with Crippen molar-refractivity contribution >= 4 is 5.97 Å². The van der Waals surface area contributed by atoms with Gasteiger partial charge in [0.25, 0.3) is 0 Å². The maximum Gasteiger partial charge on any atom is 0.341 e. The predicted octanol–water partition coefficient (Wildman–Crippen LogP) is 2.42. The Kier molecular flexibility index (Phi) is 3.77. The minimum Gasteiger partial charge on any atom is -0.462 e. The van der Waals surface area contributed by atoms with Crippen LogP contribution in [0.15, 0.2) is 36.7 Å². The average molecular weight is 244 g/mol. The number of benzene rings is 1. The molecule has 0 aliphatic heterocycles. The quantitative estimate of drug-likeness (QED) is 0.776. The number of ether oxygens (including phenoxy) is 1. The first kappa shape index (κ1) is 12.4. The summed E-state index contributed by atoms with van der Waals surface area (Å²) in [6.07, 6.45) is 3.24. The largest absolute Gasteiger partial charge is 0.462 e. The smallest absolute Gasteiger partial charge is 0.341 e. The van der Waals surface area contributed by atoms with E-state index < -0.39 is 0 Å². The number of hydrogen-bond acceptors (Lipinski definition) is 3. The molecular formula is C14H16N2O2. The van der Waals surface area contributed by atoms with Crippen LogP contribution < -0.4 is 0 Å². The Morgan fingerprint density at radius 3 is 3.00 bits per heavy atom. The van der Waals surface area contributed by atoms with Crippen LogP contribution in [0.2, 0.25) is 0 Å². The summed E-state index contributed by atoms with van der Waals surface area (Å²) in [5.74, 6) is -0.326. The Labute approximate surface area is 106 Å². The number of aromatic nitrogens is 2.